The molecular formula is C10H19N5. The van der Waals surface area contributed by atoms with E-state index in [9.17, 15) is 0 Å². The zero-order valence-electron chi connectivity index (χ0n) is 9.40. The number of nitrogens with one attached hydrogen (secondary N) is 1. The topological polar surface area (TPSA) is 70.8 Å². The van der Waals surface area contributed by atoms with Crippen LogP contribution in [0, 0.1) is 5.92 Å². The van der Waals surface area contributed by atoms with Gasteiger partial charge in [0.2, 0.25) is 11.9 Å². The number of hydrogen-bond acceptors (Lipinski definition) is 4. The predicted octanol–water partition coefficient (Wildman–Crippen LogP) is 1.40. The minimum Gasteiger partial charge on any atom is -0.368 e. The van der Waals surface area contributed by atoms with Crippen molar-refractivity contribution < 1.29 is 0 Å². The molecule has 0 unspecified atom stereocenters. The van der Waals surface area contributed by atoms with Crippen LogP contribution >= 0.6 is 0 Å². The lowest BCUT2D eigenvalue weighted by Crippen LogP contribution is -2.35. The average molecular weight is 209 g/mol. The molecule has 0 radical (unpaired) electrons. The highest BCUT2D eigenvalue weighted by atomic mass is 15.4. The van der Waals surface area contributed by atoms with Crippen molar-refractivity contribution in [1.82, 2.24) is 15.2 Å². The summed E-state index contributed by atoms with van der Waals surface area (Å²) in [6.45, 7) is 2.32. The summed E-state index contributed by atoms with van der Waals surface area (Å²) in [7, 11) is 2.04. The Bertz CT molecular complexity index is 313. The number of aromatic nitrogens is 3. The molecule has 1 aromatic rings. The highest BCUT2D eigenvalue weighted by Crippen LogP contribution is 2.27. The number of nitrogen functional groups attached to an aromatic ring is 1. The molecule has 2 rings (SSSR count). The van der Waals surface area contributed by atoms with Gasteiger partial charge in [0.05, 0.1) is 0 Å². The van der Waals surface area contributed by atoms with Crippen LogP contribution in [0.5, 0.6) is 0 Å². The van der Waals surface area contributed by atoms with Crippen molar-refractivity contribution in [2.24, 2.45) is 5.92 Å². The number of aromatic amines is 1. The van der Waals surface area contributed by atoms with Gasteiger partial charge in [-0.2, -0.15) is 4.98 Å². The molecule has 1 fully saturated rings. The van der Waals surface area contributed by atoms with E-state index in [4.69, 9.17) is 5.73 Å². The van der Waals surface area contributed by atoms with Crippen LogP contribution in [-0.2, 0) is 0 Å². The maximum Gasteiger partial charge on any atom is 0.246 e. The van der Waals surface area contributed by atoms with Crippen LogP contribution in [0.4, 0.5) is 11.9 Å². The highest BCUT2D eigenvalue weighted by molar-refractivity contribution is 5.34. The first-order chi connectivity index (χ1) is 7.16. The van der Waals surface area contributed by atoms with Gasteiger partial charge in [-0.15, -0.1) is 5.10 Å². The van der Waals surface area contributed by atoms with E-state index in [2.05, 4.69) is 27.0 Å². The van der Waals surface area contributed by atoms with Crippen LogP contribution in [0.15, 0.2) is 0 Å². The van der Waals surface area contributed by atoms with Gasteiger partial charge in [0, 0.05) is 13.1 Å². The maximum absolute atomic E-state index is 5.51. The Kier molecular flexibility index (Phi) is 2.79. The molecule has 5 nitrogen and oxygen atoms in total. The van der Waals surface area contributed by atoms with Crippen molar-refractivity contribution in [3.05, 3.63) is 0 Å². The maximum atomic E-state index is 5.51. The van der Waals surface area contributed by atoms with Gasteiger partial charge >= 0.3 is 0 Å². The fourth-order valence-corrected chi connectivity index (χ4v) is 2.22. The third kappa shape index (κ3) is 2.22. The van der Waals surface area contributed by atoms with Crippen molar-refractivity contribution in [2.45, 2.75) is 38.6 Å². The largest absolute Gasteiger partial charge is 0.368 e. The van der Waals surface area contributed by atoms with Crippen molar-refractivity contribution in [3.8, 4) is 0 Å². The summed E-state index contributed by atoms with van der Waals surface area (Å²) in [6, 6.07) is 0.566. The van der Waals surface area contributed by atoms with Crippen molar-refractivity contribution in [2.75, 3.05) is 17.7 Å². The van der Waals surface area contributed by atoms with Gasteiger partial charge in [-0.05, 0) is 31.6 Å². The van der Waals surface area contributed by atoms with Gasteiger partial charge in [0.1, 0.15) is 0 Å². The van der Waals surface area contributed by atoms with E-state index in [1.807, 2.05) is 7.05 Å². The zero-order chi connectivity index (χ0) is 10.8. The summed E-state index contributed by atoms with van der Waals surface area (Å²) in [5.41, 5.74) is 5.51. The quantitative estimate of drug-likeness (QED) is 0.772. The Morgan fingerprint density at radius 2 is 2.00 bits per heavy atom. The molecule has 0 saturated heterocycles. The van der Waals surface area contributed by atoms with E-state index in [1.165, 1.54) is 25.7 Å². The first-order valence-electron chi connectivity index (χ1n) is 5.57. The van der Waals surface area contributed by atoms with Crippen LogP contribution in [0.3, 0.4) is 0 Å². The van der Waals surface area contributed by atoms with Gasteiger partial charge in [-0.3, -0.25) is 0 Å². The summed E-state index contributed by atoms with van der Waals surface area (Å²) in [4.78, 5) is 6.28. The Morgan fingerprint density at radius 1 is 1.33 bits per heavy atom. The molecule has 1 saturated carbocycles. The van der Waals surface area contributed by atoms with Crippen LogP contribution in [0.25, 0.3) is 0 Å². The van der Waals surface area contributed by atoms with E-state index in [0.717, 1.165) is 5.92 Å². The predicted molar refractivity (Wildman–Crippen MR) is 60.6 cm³/mol. The van der Waals surface area contributed by atoms with Gasteiger partial charge in [-0.25, -0.2) is 5.10 Å². The van der Waals surface area contributed by atoms with Crippen molar-refractivity contribution >= 4 is 11.9 Å². The van der Waals surface area contributed by atoms with E-state index in [-0.39, 0.29) is 0 Å². The molecule has 0 aliphatic heterocycles. The normalized spacial score (nSPS) is 26.5. The Morgan fingerprint density at radius 3 is 2.53 bits per heavy atom. The third-order valence-corrected chi connectivity index (χ3v) is 3.34. The Labute approximate surface area is 90.1 Å². The molecule has 84 valence electrons. The van der Waals surface area contributed by atoms with Crippen molar-refractivity contribution in [1.29, 1.82) is 0 Å². The molecule has 3 N–H and O–H groups in total. The summed E-state index contributed by atoms with van der Waals surface area (Å²) in [5.74, 6) is 1.97. The number of rotatable bonds is 2. The third-order valence-electron chi connectivity index (χ3n) is 3.34. The second-order valence-electron chi connectivity index (χ2n) is 4.55. The molecule has 1 aliphatic carbocycles. The molecule has 5 heteroatoms. The molecule has 0 bridgehead atoms. The summed E-state index contributed by atoms with van der Waals surface area (Å²) in [6.07, 6.45) is 5.06. The average Bonchev–Trinajstić information content (AvgIpc) is 2.65. The first kappa shape index (κ1) is 10.3. The lowest BCUT2D eigenvalue weighted by Gasteiger charge is -2.32. The number of anilines is 2. The molecule has 1 heterocycles. The molecular weight excluding hydrogens is 190 g/mol. The van der Waals surface area contributed by atoms with Crippen molar-refractivity contribution in [3.63, 3.8) is 0 Å². The van der Waals surface area contributed by atoms with Crippen LogP contribution in [0.1, 0.15) is 32.6 Å². The van der Waals surface area contributed by atoms with E-state index in [1.54, 1.807) is 0 Å². The summed E-state index contributed by atoms with van der Waals surface area (Å²) < 4.78 is 0. The second kappa shape index (κ2) is 4.08. The van der Waals surface area contributed by atoms with E-state index in [0.29, 0.717) is 17.9 Å². The second-order valence-corrected chi connectivity index (χ2v) is 4.55. The number of nitrogens with two attached hydrogens (primary N) is 1. The van der Waals surface area contributed by atoms with Gasteiger partial charge in [0.15, 0.2) is 0 Å². The molecule has 0 aromatic carbocycles. The molecule has 1 aromatic heterocycles. The summed E-state index contributed by atoms with van der Waals surface area (Å²) >= 11 is 0. The number of hydrogen-bond donors (Lipinski definition) is 2. The van der Waals surface area contributed by atoms with Crippen LogP contribution < -0.4 is 10.6 Å². The fraction of sp³-hybridized carbons (Fsp3) is 0.800. The van der Waals surface area contributed by atoms with Crippen LogP contribution in [0.2, 0.25) is 0 Å². The fourth-order valence-electron chi connectivity index (χ4n) is 2.22. The molecule has 0 amide bonds. The molecule has 15 heavy (non-hydrogen) atoms. The standard InChI is InChI=1S/C10H19N5/c1-7-3-5-8(6-4-7)15(2)10-12-9(11)13-14-10/h7-8H,3-6H2,1-2H3,(H3,11,12,13,14). The van der Waals surface area contributed by atoms with Crippen LogP contribution in [-0.4, -0.2) is 28.3 Å². The Balaban J connectivity index is 1.99. The van der Waals surface area contributed by atoms with E-state index >= 15 is 0 Å². The first-order valence-corrected chi connectivity index (χ1v) is 5.57. The smallest absolute Gasteiger partial charge is 0.246 e. The monoisotopic (exact) mass is 209 g/mol. The van der Waals surface area contributed by atoms with Gasteiger partial charge < -0.3 is 10.6 Å². The molecule has 0 atom stereocenters. The number of nitrogens with zero attached hydrogens (tertiary/aromatic N) is 3. The van der Waals surface area contributed by atoms with Gasteiger partial charge in [0.25, 0.3) is 0 Å². The lowest BCUT2D eigenvalue weighted by molar-refractivity contribution is 0.339. The van der Waals surface area contributed by atoms with E-state index < -0.39 is 0 Å². The molecule has 1 aliphatic rings. The number of H-pyrrole nitrogens is 1. The zero-order valence-corrected chi connectivity index (χ0v) is 9.40. The van der Waals surface area contributed by atoms with Gasteiger partial charge in [-0.1, -0.05) is 6.92 Å². The Hall–Kier alpha value is -1.26. The minimum absolute atomic E-state index is 0.390. The SMILES string of the molecule is CC1CCC(N(C)c2n[nH]c(N)n2)CC1. The highest BCUT2D eigenvalue weighted by Gasteiger charge is 2.23. The minimum atomic E-state index is 0.390. The molecule has 0 spiro atoms. The lowest BCUT2D eigenvalue weighted by atomic mass is 9.87. The summed E-state index contributed by atoms with van der Waals surface area (Å²) in [5, 5.41) is 6.75.